The van der Waals surface area contributed by atoms with Gasteiger partial charge in [0.1, 0.15) is 11.7 Å². The number of amides is 5. The van der Waals surface area contributed by atoms with E-state index in [1.807, 2.05) is 105 Å². The maximum atomic E-state index is 13.6. The average molecular weight is 1070 g/mol. The third kappa shape index (κ3) is 13.9. The van der Waals surface area contributed by atoms with Gasteiger partial charge >= 0.3 is 0 Å². The molecule has 0 aliphatic carbocycles. The largest absolute Gasteiger partial charge is 0.392 e. The minimum atomic E-state index is -3.37. The Morgan fingerprint density at radius 1 is 0.838 bits per heavy atom. The highest BCUT2D eigenvalue weighted by Gasteiger charge is 2.45. The van der Waals surface area contributed by atoms with E-state index in [0.717, 1.165) is 50.2 Å². The van der Waals surface area contributed by atoms with Crippen LogP contribution >= 0.6 is 23.1 Å². The van der Waals surface area contributed by atoms with Crippen LogP contribution in [-0.4, -0.2) is 155 Å². The van der Waals surface area contributed by atoms with Gasteiger partial charge in [0.25, 0.3) is 0 Å². The molecule has 74 heavy (non-hydrogen) atoms. The van der Waals surface area contributed by atoms with Crippen molar-refractivity contribution in [1.82, 2.24) is 51.0 Å². The molecule has 398 valence electrons. The van der Waals surface area contributed by atoms with Crippen molar-refractivity contribution < 1.29 is 42.6 Å². The third-order valence-electron chi connectivity index (χ3n) is 14.1. The number of aryl methyl sites for hydroxylation is 1. The summed E-state index contributed by atoms with van der Waals surface area (Å²) in [5.74, 6) is -1.52. The van der Waals surface area contributed by atoms with Gasteiger partial charge in [-0.05, 0) is 70.7 Å². The second-order valence-corrected chi connectivity index (χ2v) is 24.8. The number of carbonyl (C=O) groups excluding carboxylic acids is 5. The van der Waals surface area contributed by atoms with E-state index in [9.17, 15) is 42.6 Å². The van der Waals surface area contributed by atoms with Crippen LogP contribution in [0.25, 0.3) is 21.6 Å². The summed E-state index contributed by atoms with van der Waals surface area (Å²) in [7, 11) is -3.37. The Bertz CT molecular complexity index is 2780. The summed E-state index contributed by atoms with van der Waals surface area (Å²) in [4.78, 5) is 74.5. The van der Waals surface area contributed by atoms with E-state index in [2.05, 4.69) is 43.0 Å². The molecule has 19 nitrogen and oxygen atoms in total. The van der Waals surface area contributed by atoms with E-state index < -0.39 is 45.8 Å². The first-order valence-electron chi connectivity index (χ1n) is 25.0. The standard InChI is InChI=1S/C52H68N10O9S3/c1-31-45(73-30-56-31)34-14-12-32(13-15-34)21-54-49(68)42-20-40(63)27-62(42)50(69)46(52(2,3)4)58-44(65)28-60-24-39(25-60)48(67)53-22-33-8-6-9-35(18-33)36-10-7-11-37(19-36)41-29-72-51(57-41)59-43(64)23-55-47(66)38-16-17-61(26-38)74(5,70)71/h6-15,18-19,30,38-42,46,50-51,57,63,69H,16-17,20-29H2,1-5H3,(H,53,67)(H,54,68)(H,55,66)(H,58,65)(H,59,64)/t38?,40-,41?,42+,46-,50?,51?/m1/s1. The van der Waals surface area contributed by atoms with Crippen LogP contribution in [0.2, 0.25) is 0 Å². The van der Waals surface area contributed by atoms with Crippen molar-refractivity contribution >= 4 is 62.7 Å². The van der Waals surface area contributed by atoms with Crippen LogP contribution in [0.3, 0.4) is 0 Å². The number of aliphatic hydroxyl groups excluding tert-OH is 2. The number of likely N-dealkylation sites (tertiary alicyclic amines) is 2. The molecular formula is C52H68N10O9S3. The van der Waals surface area contributed by atoms with Gasteiger partial charge in [-0.2, -0.15) is 0 Å². The molecule has 5 amide bonds. The molecule has 8 N–H and O–H groups in total. The molecule has 7 atom stereocenters. The zero-order chi connectivity index (χ0) is 52.9. The summed E-state index contributed by atoms with van der Waals surface area (Å²) in [6, 6.07) is 22.4. The molecule has 0 bridgehead atoms. The summed E-state index contributed by atoms with van der Waals surface area (Å²) < 4.78 is 24.9. The summed E-state index contributed by atoms with van der Waals surface area (Å²) in [6.45, 7) is 9.33. The fourth-order valence-electron chi connectivity index (χ4n) is 9.89. The number of aliphatic hydroxyl groups is 2. The number of nitrogens with one attached hydrogen (secondary N) is 6. The molecule has 4 unspecified atom stereocenters. The zero-order valence-corrected chi connectivity index (χ0v) is 44.8. The Labute approximate surface area is 441 Å². The van der Waals surface area contributed by atoms with Crippen LogP contribution < -0.4 is 31.9 Å². The van der Waals surface area contributed by atoms with Crippen LogP contribution in [0.15, 0.2) is 78.3 Å². The number of β-amino-alcohol motifs (C(OH)–C–C–N with tert-alkyl or cyclic N) is 1. The number of hydrogen-bond acceptors (Lipinski definition) is 15. The van der Waals surface area contributed by atoms with Gasteiger partial charge in [0.05, 0.1) is 65.5 Å². The highest BCUT2D eigenvalue weighted by molar-refractivity contribution is 8.00. The Balaban J connectivity index is 0.758. The van der Waals surface area contributed by atoms with Gasteiger partial charge in [0.2, 0.25) is 39.6 Å². The van der Waals surface area contributed by atoms with Crippen LogP contribution in [0, 0.1) is 24.2 Å². The number of carbonyl (C=O) groups is 5. The molecular weight excluding hydrogens is 1000 g/mol. The maximum Gasteiger partial charge on any atom is 0.241 e. The SMILES string of the molecule is Cc1ncsc1-c1ccc(CNC(=O)[C@@H]2C[C@@H](O)CN2C(O)[C@@H](NC(=O)CN2CC(C(=O)NCc3cccc(-c4cccc(C5CSC(NC(=O)CNC(=O)C6CCN(S(C)(=O)=O)C6)N5)c4)c3)C2)C(C)(C)C)cc1. The van der Waals surface area contributed by atoms with Crippen molar-refractivity contribution in [2.45, 2.75) is 89.6 Å². The van der Waals surface area contributed by atoms with E-state index in [1.165, 1.54) is 4.31 Å². The molecule has 4 fully saturated rings. The molecule has 8 rings (SSSR count). The average Bonchev–Trinajstić information content (AvgIpc) is 4.20. The fourth-order valence-corrected chi connectivity index (χ4v) is 12.7. The summed E-state index contributed by atoms with van der Waals surface area (Å²) in [6.07, 6.45) is -0.416. The van der Waals surface area contributed by atoms with Crippen molar-refractivity contribution in [1.29, 1.82) is 0 Å². The number of hydrogen-bond donors (Lipinski definition) is 8. The molecule has 5 heterocycles. The molecule has 4 aromatic rings. The molecule has 4 aliphatic rings. The van der Waals surface area contributed by atoms with E-state index >= 15 is 0 Å². The van der Waals surface area contributed by atoms with Gasteiger partial charge < -0.3 is 36.8 Å². The molecule has 1 aromatic heterocycles. The number of thiazole rings is 1. The summed E-state index contributed by atoms with van der Waals surface area (Å²) >= 11 is 3.12. The van der Waals surface area contributed by atoms with Gasteiger partial charge in [-0.25, -0.2) is 17.7 Å². The number of benzene rings is 3. The minimum absolute atomic E-state index is 0.0271. The Hall–Kier alpha value is -5.30. The lowest BCUT2D eigenvalue weighted by Gasteiger charge is -2.42. The zero-order valence-electron chi connectivity index (χ0n) is 42.4. The molecule has 3 aromatic carbocycles. The van der Waals surface area contributed by atoms with Crippen molar-refractivity contribution in [3.05, 3.63) is 101 Å². The predicted molar refractivity (Wildman–Crippen MR) is 284 cm³/mol. The van der Waals surface area contributed by atoms with Crippen LogP contribution in [0.1, 0.15) is 62.0 Å². The number of aromatic nitrogens is 1. The van der Waals surface area contributed by atoms with Crippen molar-refractivity contribution in [3.8, 4) is 21.6 Å². The topological polar surface area (TPSA) is 255 Å². The third-order valence-corrected chi connectivity index (χ3v) is 17.5. The first-order valence-corrected chi connectivity index (χ1v) is 28.7. The monoisotopic (exact) mass is 1070 g/mol. The Kier molecular flexibility index (Phi) is 17.6. The molecule has 22 heteroatoms. The fraction of sp³-hybridized carbons (Fsp3) is 0.500. The highest BCUT2D eigenvalue weighted by atomic mass is 32.2. The normalized spacial score (nSPS) is 22.7. The van der Waals surface area contributed by atoms with Gasteiger partial charge in [0, 0.05) is 57.6 Å². The van der Waals surface area contributed by atoms with Crippen LogP contribution in [0.4, 0.5) is 0 Å². The quantitative estimate of drug-likeness (QED) is 0.0670. The molecule has 4 saturated heterocycles. The molecule has 0 radical (unpaired) electrons. The van der Waals surface area contributed by atoms with Gasteiger partial charge in [-0.15, -0.1) is 23.1 Å². The van der Waals surface area contributed by atoms with Crippen molar-refractivity contribution in [2.24, 2.45) is 17.3 Å². The maximum absolute atomic E-state index is 13.6. The number of nitrogens with zero attached hydrogens (tertiary/aromatic N) is 4. The first kappa shape index (κ1) is 54.9. The summed E-state index contributed by atoms with van der Waals surface area (Å²) in [5, 5.41) is 40.5. The van der Waals surface area contributed by atoms with Crippen LogP contribution in [0.5, 0.6) is 0 Å². The van der Waals surface area contributed by atoms with Crippen molar-refractivity contribution in [2.75, 3.05) is 57.8 Å². The second kappa shape index (κ2) is 23.7. The molecule has 4 aliphatic heterocycles. The number of rotatable bonds is 19. The van der Waals surface area contributed by atoms with Gasteiger partial charge in [-0.1, -0.05) is 81.4 Å². The predicted octanol–water partition coefficient (Wildman–Crippen LogP) is 2.11. The number of sulfonamides is 1. The smallest absolute Gasteiger partial charge is 0.241 e. The van der Waals surface area contributed by atoms with Crippen molar-refractivity contribution in [3.63, 3.8) is 0 Å². The minimum Gasteiger partial charge on any atom is -0.392 e. The molecule has 0 spiro atoms. The summed E-state index contributed by atoms with van der Waals surface area (Å²) in [5.41, 5.74) is 7.69. The Morgan fingerprint density at radius 3 is 2.22 bits per heavy atom. The van der Waals surface area contributed by atoms with Crippen LogP contribution in [-0.2, 0) is 47.1 Å². The first-order chi connectivity index (χ1) is 35.2. The lowest BCUT2D eigenvalue weighted by atomic mass is 9.84. The van der Waals surface area contributed by atoms with E-state index in [4.69, 9.17) is 0 Å². The van der Waals surface area contributed by atoms with Gasteiger partial charge in [0.15, 0.2) is 0 Å². The number of thioether (sulfide) groups is 1. The van der Waals surface area contributed by atoms with E-state index in [1.54, 1.807) is 28.0 Å². The van der Waals surface area contributed by atoms with Gasteiger partial charge in [-0.3, -0.25) is 39.1 Å². The highest BCUT2D eigenvalue weighted by Crippen LogP contribution is 2.33. The van der Waals surface area contributed by atoms with E-state index in [0.29, 0.717) is 31.8 Å². The lowest BCUT2D eigenvalue weighted by molar-refractivity contribution is -0.138. The molecule has 0 saturated carbocycles. The second-order valence-electron chi connectivity index (χ2n) is 20.9. The Morgan fingerprint density at radius 2 is 1.53 bits per heavy atom. The van der Waals surface area contributed by atoms with E-state index in [-0.39, 0.29) is 92.7 Å². The lowest BCUT2D eigenvalue weighted by Crippen LogP contribution is -2.62.